The molecule has 20 heavy (non-hydrogen) atoms. The number of ketones is 1. The van der Waals surface area contributed by atoms with E-state index in [0.717, 1.165) is 19.6 Å². The Morgan fingerprint density at radius 2 is 1.90 bits per heavy atom. The van der Waals surface area contributed by atoms with Gasteiger partial charge in [0, 0.05) is 25.1 Å². The van der Waals surface area contributed by atoms with Crippen molar-refractivity contribution in [3.63, 3.8) is 0 Å². The highest BCUT2D eigenvalue weighted by molar-refractivity contribution is 5.96. The lowest BCUT2D eigenvalue weighted by Gasteiger charge is -2.26. The van der Waals surface area contributed by atoms with Crippen LogP contribution in [0.1, 0.15) is 49.9 Å². The average molecular weight is 277 g/mol. The van der Waals surface area contributed by atoms with Crippen LogP contribution in [0.2, 0.25) is 0 Å². The van der Waals surface area contributed by atoms with Gasteiger partial charge in [0.05, 0.1) is 0 Å². The van der Waals surface area contributed by atoms with E-state index in [4.69, 9.17) is 0 Å². The quantitative estimate of drug-likeness (QED) is 0.735. The van der Waals surface area contributed by atoms with Gasteiger partial charge in [-0.3, -0.25) is 4.79 Å². The molecular weight excluding hydrogens is 253 g/mol. The van der Waals surface area contributed by atoms with E-state index in [1.807, 2.05) is 0 Å². The molecule has 1 aromatic rings. The molecule has 0 bridgehead atoms. The lowest BCUT2D eigenvalue weighted by molar-refractivity contribution is 0.0965. The summed E-state index contributed by atoms with van der Waals surface area (Å²) < 4.78 is 12.8. The Kier molecular flexibility index (Phi) is 4.92. The highest BCUT2D eigenvalue weighted by Crippen LogP contribution is 2.36. The SMILES string of the molecule is CCC1(CC)CCN(CCC(=O)c2ccc(F)cc2)C1. The Bertz CT molecular complexity index is 451. The molecule has 2 rings (SSSR count). The van der Waals surface area contributed by atoms with Crippen molar-refractivity contribution in [2.75, 3.05) is 19.6 Å². The Morgan fingerprint density at radius 3 is 2.45 bits per heavy atom. The molecule has 1 fully saturated rings. The van der Waals surface area contributed by atoms with Gasteiger partial charge in [0.15, 0.2) is 5.78 Å². The van der Waals surface area contributed by atoms with Gasteiger partial charge in [-0.05, 0) is 55.5 Å². The van der Waals surface area contributed by atoms with Crippen LogP contribution in [0, 0.1) is 11.2 Å². The predicted molar refractivity (Wildman–Crippen MR) is 79.4 cm³/mol. The number of halogens is 1. The van der Waals surface area contributed by atoms with Gasteiger partial charge in [-0.15, -0.1) is 0 Å². The zero-order valence-corrected chi connectivity index (χ0v) is 12.5. The standard InChI is InChI=1S/C17H24FNO/c1-3-17(4-2)10-12-19(13-17)11-9-16(20)14-5-7-15(18)8-6-14/h5-8H,3-4,9-13H2,1-2H3. The maximum Gasteiger partial charge on any atom is 0.164 e. The Balaban J connectivity index is 1.84. The number of Topliss-reactive ketones (excluding diaryl/α,β-unsaturated/α-hetero) is 1. The van der Waals surface area contributed by atoms with Crippen LogP contribution in [-0.2, 0) is 0 Å². The second-order valence-corrected chi connectivity index (χ2v) is 5.91. The number of carbonyl (C=O) groups excluding carboxylic acids is 1. The number of likely N-dealkylation sites (tertiary alicyclic amines) is 1. The number of benzene rings is 1. The first-order valence-corrected chi connectivity index (χ1v) is 7.60. The first-order valence-electron chi connectivity index (χ1n) is 7.60. The van der Waals surface area contributed by atoms with Crippen molar-refractivity contribution in [2.24, 2.45) is 5.41 Å². The monoisotopic (exact) mass is 277 g/mol. The molecular formula is C17H24FNO. The largest absolute Gasteiger partial charge is 0.302 e. The lowest BCUT2D eigenvalue weighted by Crippen LogP contribution is -2.28. The normalized spacial score (nSPS) is 18.4. The molecule has 1 heterocycles. The predicted octanol–water partition coefficient (Wildman–Crippen LogP) is 3.91. The van der Waals surface area contributed by atoms with E-state index >= 15 is 0 Å². The van der Waals surface area contributed by atoms with Gasteiger partial charge in [-0.1, -0.05) is 13.8 Å². The van der Waals surface area contributed by atoms with Crippen LogP contribution in [0.3, 0.4) is 0 Å². The molecule has 0 amide bonds. The van der Waals surface area contributed by atoms with Gasteiger partial charge in [0.2, 0.25) is 0 Å². The van der Waals surface area contributed by atoms with E-state index < -0.39 is 0 Å². The van der Waals surface area contributed by atoms with Crippen LogP contribution in [0.25, 0.3) is 0 Å². The molecule has 0 atom stereocenters. The minimum Gasteiger partial charge on any atom is -0.302 e. The fourth-order valence-electron chi connectivity index (χ4n) is 3.09. The van der Waals surface area contributed by atoms with Gasteiger partial charge >= 0.3 is 0 Å². The Hall–Kier alpha value is -1.22. The van der Waals surface area contributed by atoms with Crippen LogP contribution in [0.15, 0.2) is 24.3 Å². The number of rotatable bonds is 6. The zero-order chi connectivity index (χ0) is 14.6. The van der Waals surface area contributed by atoms with E-state index in [-0.39, 0.29) is 11.6 Å². The number of carbonyl (C=O) groups is 1. The van der Waals surface area contributed by atoms with Gasteiger partial charge in [-0.25, -0.2) is 4.39 Å². The fraction of sp³-hybridized carbons (Fsp3) is 0.588. The average Bonchev–Trinajstić information content (AvgIpc) is 2.90. The third-order valence-corrected chi connectivity index (χ3v) is 4.84. The number of hydrogen-bond donors (Lipinski definition) is 0. The Morgan fingerprint density at radius 1 is 1.25 bits per heavy atom. The van der Waals surface area contributed by atoms with Crippen LogP contribution < -0.4 is 0 Å². The van der Waals surface area contributed by atoms with Gasteiger partial charge < -0.3 is 4.90 Å². The Labute approximate surface area is 121 Å². The third kappa shape index (κ3) is 3.45. The maximum absolute atomic E-state index is 12.8. The molecule has 1 aromatic carbocycles. The minimum atomic E-state index is -0.295. The van der Waals surface area contributed by atoms with Crippen molar-refractivity contribution < 1.29 is 9.18 Å². The van der Waals surface area contributed by atoms with E-state index in [0.29, 0.717) is 17.4 Å². The van der Waals surface area contributed by atoms with E-state index in [1.165, 1.54) is 31.4 Å². The molecule has 0 unspecified atom stereocenters. The fourth-order valence-corrected chi connectivity index (χ4v) is 3.09. The molecule has 0 spiro atoms. The summed E-state index contributed by atoms with van der Waals surface area (Å²) in [4.78, 5) is 14.5. The van der Waals surface area contributed by atoms with Crippen molar-refractivity contribution in [2.45, 2.75) is 39.5 Å². The highest BCUT2D eigenvalue weighted by Gasteiger charge is 2.34. The molecule has 2 nitrogen and oxygen atoms in total. The van der Waals surface area contributed by atoms with Crippen LogP contribution in [-0.4, -0.2) is 30.3 Å². The summed E-state index contributed by atoms with van der Waals surface area (Å²) in [5, 5.41) is 0. The van der Waals surface area contributed by atoms with Crippen molar-refractivity contribution >= 4 is 5.78 Å². The number of hydrogen-bond acceptors (Lipinski definition) is 2. The second-order valence-electron chi connectivity index (χ2n) is 5.91. The second kappa shape index (κ2) is 6.49. The summed E-state index contributed by atoms with van der Waals surface area (Å²) in [5.41, 5.74) is 1.07. The van der Waals surface area contributed by atoms with Crippen molar-refractivity contribution in [1.29, 1.82) is 0 Å². The van der Waals surface area contributed by atoms with Crippen molar-refractivity contribution in [1.82, 2.24) is 4.90 Å². The summed E-state index contributed by atoms with van der Waals surface area (Å²) in [6.07, 6.45) is 4.19. The first-order chi connectivity index (χ1) is 9.58. The van der Waals surface area contributed by atoms with Gasteiger partial charge in [0.25, 0.3) is 0 Å². The summed E-state index contributed by atoms with van der Waals surface area (Å²) in [5.74, 6) is -0.188. The first kappa shape index (κ1) is 15.2. The zero-order valence-electron chi connectivity index (χ0n) is 12.5. The molecule has 0 radical (unpaired) electrons. The molecule has 1 aliphatic rings. The van der Waals surface area contributed by atoms with Gasteiger partial charge in [-0.2, -0.15) is 0 Å². The minimum absolute atomic E-state index is 0.107. The van der Waals surface area contributed by atoms with Gasteiger partial charge in [0.1, 0.15) is 5.82 Å². The van der Waals surface area contributed by atoms with Crippen LogP contribution in [0.4, 0.5) is 4.39 Å². The smallest absolute Gasteiger partial charge is 0.164 e. The summed E-state index contributed by atoms with van der Waals surface area (Å²) in [7, 11) is 0. The number of nitrogens with zero attached hydrogens (tertiary/aromatic N) is 1. The molecule has 1 saturated heterocycles. The summed E-state index contributed by atoms with van der Waals surface area (Å²) in [6, 6.07) is 5.85. The molecule has 110 valence electrons. The molecule has 0 aromatic heterocycles. The molecule has 0 N–H and O–H groups in total. The van der Waals surface area contributed by atoms with E-state index in [9.17, 15) is 9.18 Å². The van der Waals surface area contributed by atoms with E-state index in [1.54, 1.807) is 12.1 Å². The van der Waals surface area contributed by atoms with Crippen molar-refractivity contribution in [3.8, 4) is 0 Å². The topological polar surface area (TPSA) is 20.3 Å². The third-order valence-electron chi connectivity index (χ3n) is 4.84. The van der Waals surface area contributed by atoms with Crippen molar-refractivity contribution in [3.05, 3.63) is 35.6 Å². The highest BCUT2D eigenvalue weighted by atomic mass is 19.1. The summed E-state index contributed by atoms with van der Waals surface area (Å²) in [6.45, 7) is 7.54. The molecule has 0 aliphatic carbocycles. The molecule has 0 saturated carbocycles. The van der Waals surface area contributed by atoms with E-state index in [2.05, 4.69) is 18.7 Å². The lowest BCUT2D eigenvalue weighted by atomic mass is 9.82. The summed E-state index contributed by atoms with van der Waals surface area (Å²) >= 11 is 0. The molecule has 3 heteroatoms. The van der Waals surface area contributed by atoms with Crippen LogP contribution in [0.5, 0.6) is 0 Å². The maximum atomic E-state index is 12.8. The van der Waals surface area contributed by atoms with Crippen LogP contribution >= 0.6 is 0 Å². The molecule has 1 aliphatic heterocycles.